The van der Waals surface area contributed by atoms with E-state index in [-0.39, 0.29) is 24.3 Å². The van der Waals surface area contributed by atoms with Crippen molar-refractivity contribution < 1.29 is 14.0 Å². The maximum Gasteiger partial charge on any atom is 0.226 e. The molecular formula is C16H17FN4O2. The van der Waals surface area contributed by atoms with Crippen LogP contribution in [-0.4, -0.2) is 27.6 Å². The molecule has 1 aliphatic heterocycles. The Balaban J connectivity index is 1.61. The summed E-state index contributed by atoms with van der Waals surface area (Å²) < 4.78 is 15.1. The maximum absolute atomic E-state index is 13.7. The number of piperidine rings is 1. The standard InChI is InChI=1S/C16H17FN4O2/c17-13-5-1-2-6-14(13)21-10-12(9-18-21)20-16(23)8-11-4-3-7-15(22)19-11/h1-2,5-6,9-11H,3-4,7-8H2,(H,19,22)(H,20,23). The highest BCUT2D eigenvalue weighted by molar-refractivity contribution is 5.91. The van der Waals surface area contributed by atoms with E-state index >= 15 is 0 Å². The second-order valence-electron chi connectivity index (χ2n) is 5.53. The summed E-state index contributed by atoms with van der Waals surface area (Å²) in [5.74, 6) is -0.606. The van der Waals surface area contributed by atoms with Gasteiger partial charge in [0.25, 0.3) is 0 Å². The number of hydrogen-bond donors (Lipinski definition) is 2. The van der Waals surface area contributed by atoms with Crippen LogP contribution in [0, 0.1) is 5.82 Å². The zero-order valence-corrected chi connectivity index (χ0v) is 12.5. The molecule has 0 spiro atoms. The van der Waals surface area contributed by atoms with Crippen molar-refractivity contribution >= 4 is 17.5 Å². The van der Waals surface area contributed by atoms with Gasteiger partial charge in [0.2, 0.25) is 11.8 Å². The van der Waals surface area contributed by atoms with Gasteiger partial charge in [-0.1, -0.05) is 12.1 Å². The van der Waals surface area contributed by atoms with Crippen molar-refractivity contribution in [2.24, 2.45) is 0 Å². The third-order valence-corrected chi connectivity index (χ3v) is 3.72. The highest BCUT2D eigenvalue weighted by Crippen LogP contribution is 2.16. The number of benzene rings is 1. The summed E-state index contributed by atoms with van der Waals surface area (Å²) in [6, 6.07) is 6.14. The average molecular weight is 316 g/mol. The Morgan fingerprint density at radius 3 is 3.04 bits per heavy atom. The molecule has 0 bridgehead atoms. The zero-order chi connectivity index (χ0) is 16.2. The van der Waals surface area contributed by atoms with Crippen LogP contribution in [0.3, 0.4) is 0 Å². The van der Waals surface area contributed by atoms with Gasteiger partial charge in [-0.3, -0.25) is 9.59 Å². The molecule has 1 saturated heterocycles. The van der Waals surface area contributed by atoms with Crippen molar-refractivity contribution in [3.05, 3.63) is 42.5 Å². The minimum Gasteiger partial charge on any atom is -0.353 e. The van der Waals surface area contributed by atoms with Crippen LogP contribution in [0.4, 0.5) is 10.1 Å². The maximum atomic E-state index is 13.7. The fourth-order valence-electron chi connectivity index (χ4n) is 2.63. The highest BCUT2D eigenvalue weighted by atomic mass is 19.1. The zero-order valence-electron chi connectivity index (χ0n) is 12.5. The van der Waals surface area contributed by atoms with E-state index in [0.717, 1.165) is 12.8 Å². The number of nitrogens with zero attached hydrogens (tertiary/aromatic N) is 2. The van der Waals surface area contributed by atoms with Crippen LogP contribution in [-0.2, 0) is 9.59 Å². The van der Waals surface area contributed by atoms with Gasteiger partial charge in [0.15, 0.2) is 0 Å². The first-order valence-electron chi connectivity index (χ1n) is 7.50. The quantitative estimate of drug-likeness (QED) is 0.906. The summed E-state index contributed by atoms with van der Waals surface area (Å²) >= 11 is 0. The molecular weight excluding hydrogens is 299 g/mol. The van der Waals surface area contributed by atoms with Crippen LogP contribution in [0.1, 0.15) is 25.7 Å². The van der Waals surface area contributed by atoms with Crippen molar-refractivity contribution in [3.8, 4) is 5.69 Å². The van der Waals surface area contributed by atoms with Crippen LogP contribution < -0.4 is 10.6 Å². The summed E-state index contributed by atoms with van der Waals surface area (Å²) in [6.45, 7) is 0. The third kappa shape index (κ3) is 3.74. The number of hydrogen-bond acceptors (Lipinski definition) is 3. The molecule has 0 saturated carbocycles. The van der Waals surface area contributed by atoms with E-state index in [1.807, 2.05) is 0 Å². The third-order valence-electron chi connectivity index (χ3n) is 3.72. The number of carbonyl (C=O) groups is 2. The predicted octanol–water partition coefficient (Wildman–Crippen LogP) is 2.01. The van der Waals surface area contributed by atoms with Crippen LogP contribution in [0.2, 0.25) is 0 Å². The van der Waals surface area contributed by atoms with Gasteiger partial charge < -0.3 is 10.6 Å². The van der Waals surface area contributed by atoms with E-state index in [4.69, 9.17) is 0 Å². The number of halogens is 1. The van der Waals surface area contributed by atoms with Crippen LogP contribution in [0.5, 0.6) is 0 Å². The van der Waals surface area contributed by atoms with E-state index in [2.05, 4.69) is 15.7 Å². The molecule has 2 amide bonds. The van der Waals surface area contributed by atoms with E-state index in [9.17, 15) is 14.0 Å². The van der Waals surface area contributed by atoms with Gasteiger partial charge in [-0.2, -0.15) is 5.10 Å². The molecule has 7 heteroatoms. The molecule has 1 aromatic heterocycles. The highest BCUT2D eigenvalue weighted by Gasteiger charge is 2.21. The molecule has 1 aliphatic rings. The molecule has 1 atom stereocenters. The smallest absolute Gasteiger partial charge is 0.226 e. The molecule has 6 nitrogen and oxygen atoms in total. The van der Waals surface area contributed by atoms with Crippen molar-refractivity contribution in [2.45, 2.75) is 31.7 Å². The summed E-state index contributed by atoms with van der Waals surface area (Å²) in [5.41, 5.74) is 0.799. The van der Waals surface area contributed by atoms with Gasteiger partial charge in [-0.25, -0.2) is 9.07 Å². The fourth-order valence-corrected chi connectivity index (χ4v) is 2.63. The van der Waals surface area contributed by atoms with Crippen LogP contribution >= 0.6 is 0 Å². The Bertz CT molecular complexity index is 728. The molecule has 1 unspecified atom stereocenters. The monoisotopic (exact) mass is 316 g/mol. The number of rotatable bonds is 4. The van der Waals surface area contributed by atoms with E-state index in [1.165, 1.54) is 16.9 Å². The lowest BCUT2D eigenvalue weighted by atomic mass is 10.0. The lowest BCUT2D eigenvalue weighted by molar-refractivity contribution is -0.124. The molecule has 3 rings (SSSR count). The summed E-state index contributed by atoms with van der Waals surface area (Å²) in [6.07, 6.45) is 5.35. The largest absolute Gasteiger partial charge is 0.353 e. The van der Waals surface area contributed by atoms with E-state index < -0.39 is 5.82 Å². The second-order valence-corrected chi connectivity index (χ2v) is 5.53. The Labute approximate surface area is 132 Å². The van der Waals surface area contributed by atoms with E-state index in [0.29, 0.717) is 17.8 Å². The number of amides is 2. The normalized spacial score (nSPS) is 17.6. The molecule has 2 N–H and O–H groups in total. The topological polar surface area (TPSA) is 76.0 Å². The number of anilines is 1. The SMILES string of the molecule is O=C(CC1CCCC(=O)N1)Nc1cnn(-c2ccccc2F)c1. The van der Waals surface area contributed by atoms with E-state index in [1.54, 1.807) is 24.4 Å². The predicted molar refractivity (Wildman–Crippen MR) is 82.6 cm³/mol. The molecule has 2 aromatic rings. The van der Waals surface area contributed by atoms with Gasteiger partial charge in [0.05, 0.1) is 18.1 Å². The number of nitrogens with one attached hydrogen (secondary N) is 2. The van der Waals surface area contributed by atoms with Gasteiger partial charge >= 0.3 is 0 Å². The van der Waals surface area contributed by atoms with Gasteiger partial charge in [-0.15, -0.1) is 0 Å². The number of para-hydroxylation sites is 1. The Morgan fingerprint density at radius 2 is 2.26 bits per heavy atom. The van der Waals surface area contributed by atoms with Crippen LogP contribution in [0.25, 0.3) is 5.69 Å². The number of carbonyl (C=O) groups excluding carboxylic acids is 2. The van der Waals surface area contributed by atoms with Crippen molar-refractivity contribution in [1.29, 1.82) is 0 Å². The van der Waals surface area contributed by atoms with Gasteiger partial charge in [0, 0.05) is 18.9 Å². The fraction of sp³-hybridized carbons (Fsp3) is 0.312. The number of aromatic nitrogens is 2. The average Bonchev–Trinajstić information content (AvgIpc) is 2.95. The lowest BCUT2D eigenvalue weighted by Crippen LogP contribution is -2.40. The molecule has 23 heavy (non-hydrogen) atoms. The van der Waals surface area contributed by atoms with Gasteiger partial charge in [0.1, 0.15) is 11.5 Å². The minimum absolute atomic E-state index is 0.0126. The van der Waals surface area contributed by atoms with Crippen molar-refractivity contribution in [1.82, 2.24) is 15.1 Å². The molecule has 1 fully saturated rings. The first kappa shape index (κ1) is 15.2. The second kappa shape index (κ2) is 6.60. The van der Waals surface area contributed by atoms with Crippen molar-refractivity contribution in [2.75, 3.05) is 5.32 Å². The summed E-state index contributed by atoms with van der Waals surface area (Å²) in [5, 5.41) is 9.57. The van der Waals surface area contributed by atoms with Gasteiger partial charge in [-0.05, 0) is 25.0 Å². The Morgan fingerprint density at radius 1 is 1.43 bits per heavy atom. The molecule has 1 aromatic carbocycles. The lowest BCUT2D eigenvalue weighted by Gasteiger charge is -2.22. The molecule has 120 valence electrons. The molecule has 0 radical (unpaired) electrons. The minimum atomic E-state index is -0.390. The first-order chi connectivity index (χ1) is 11.1. The summed E-state index contributed by atoms with van der Waals surface area (Å²) in [4.78, 5) is 23.3. The Kier molecular flexibility index (Phi) is 4.36. The van der Waals surface area contributed by atoms with Crippen LogP contribution in [0.15, 0.2) is 36.7 Å². The van der Waals surface area contributed by atoms with Crippen molar-refractivity contribution in [3.63, 3.8) is 0 Å². The molecule has 2 heterocycles. The first-order valence-corrected chi connectivity index (χ1v) is 7.50. The summed E-state index contributed by atoms with van der Waals surface area (Å²) in [7, 11) is 0. The Hall–Kier alpha value is -2.70. The molecule has 0 aliphatic carbocycles.